The van der Waals surface area contributed by atoms with Crippen LogP contribution >= 0.6 is 0 Å². The van der Waals surface area contributed by atoms with Crippen LogP contribution < -0.4 is 5.32 Å². The second-order valence-electron chi connectivity index (χ2n) is 14.4. The first-order valence-corrected chi connectivity index (χ1v) is 19.2. The average molecular weight is 717 g/mol. The molecule has 8 aromatic carbocycles. The first-order chi connectivity index (χ1) is 27.8. The normalized spacial score (nSPS) is 14.2. The number of hydrogen-bond donors (Lipinski definition) is 1. The summed E-state index contributed by atoms with van der Waals surface area (Å²) in [5, 5.41) is 8.72. The molecule has 0 fully saturated rings. The number of aliphatic imine (C=N–C) groups is 1. The summed E-state index contributed by atoms with van der Waals surface area (Å²) in [5.41, 5.74) is 14.8. The summed E-state index contributed by atoms with van der Waals surface area (Å²) in [5.74, 6) is 0. The standard InChI is InChI=1S/C52H36N4/c1-4-15-35(16-5-1)46-34-47(36-17-6-2-7-18-36)54-52(53-46)56-49-26-13-11-24-43(49)45-32-39(28-30-50(45)56)37-19-14-20-38(31-37)40-27-29-44-42-23-10-12-25-48(42)55(51(44)33-40)41-21-8-3-9-22-41/h1-34,52-53H. The van der Waals surface area contributed by atoms with Crippen LogP contribution in [0.2, 0.25) is 0 Å². The molecule has 0 bridgehead atoms. The van der Waals surface area contributed by atoms with Gasteiger partial charge in [0.1, 0.15) is 0 Å². The molecule has 0 saturated heterocycles. The molecule has 10 aromatic rings. The van der Waals surface area contributed by atoms with E-state index in [1.54, 1.807) is 0 Å². The van der Waals surface area contributed by atoms with Gasteiger partial charge in [0.2, 0.25) is 6.29 Å². The third-order valence-corrected chi connectivity index (χ3v) is 11.2. The Kier molecular flexibility index (Phi) is 7.52. The van der Waals surface area contributed by atoms with Gasteiger partial charge in [0.05, 0.1) is 27.8 Å². The van der Waals surface area contributed by atoms with Crippen LogP contribution in [0.3, 0.4) is 0 Å². The Morgan fingerprint density at radius 3 is 1.66 bits per heavy atom. The molecule has 0 saturated carbocycles. The number of aromatic nitrogens is 2. The number of para-hydroxylation sites is 3. The van der Waals surface area contributed by atoms with Gasteiger partial charge in [-0.2, -0.15) is 0 Å². The van der Waals surface area contributed by atoms with Gasteiger partial charge in [-0.3, -0.25) is 0 Å². The number of rotatable bonds is 6. The Balaban J connectivity index is 1.02. The first kappa shape index (κ1) is 32.0. The van der Waals surface area contributed by atoms with E-state index < -0.39 is 0 Å². The van der Waals surface area contributed by atoms with Crippen LogP contribution in [0, 0.1) is 0 Å². The van der Waals surface area contributed by atoms with Crippen LogP contribution in [0.25, 0.3) is 77.2 Å². The predicted octanol–water partition coefficient (Wildman–Crippen LogP) is 12.8. The monoisotopic (exact) mass is 716 g/mol. The minimum Gasteiger partial charge on any atom is -0.346 e. The molecule has 3 heterocycles. The molecule has 56 heavy (non-hydrogen) atoms. The van der Waals surface area contributed by atoms with Crippen molar-refractivity contribution in [1.82, 2.24) is 14.5 Å². The van der Waals surface area contributed by atoms with Crippen molar-refractivity contribution < 1.29 is 0 Å². The van der Waals surface area contributed by atoms with Crippen LogP contribution in [0.5, 0.6) is 0 Å². The number of fused-ring (bicyclic) bond motifs is 6. The molecule has 1 atom stereocenters. The highest BCUT2D eigenvalue weighted by Crippen LogP contribution is 2.39. The van der Waals surface area contributed by atoms with E-state index in [1.807, 2.05) is 0 Å². The SMILES string of the molecule is C1=C(c2ccccc2)NC(n2c3ccccc3c3cc(-c4cccc(-c5ccc6c7ccccc7n(-c7ccccc7)c6c5)c4)ccc32)N=C1c1ccccc1. The largest absolute Gasteiger partial charge is 0.346 e. The zero-order valence-electron chi connectivity index (χ0n) is 30.5. The summed E-state index contributed by atoms with van der Waals surface area (Å²) in [7, 11) is 0. The molecule has 0 aliphatic carbocycles. The van der Waals surface area contributed by atoms with Crippen LogP contribution in [-0.2, 0) is 0 Å². The maximum atomic E-state index is 5.35. The topological polar surface area (TPSA) is 34.2 Å². The third kappa shape index (κ3) is 5.34. The fraction of sp³-hybridized carbons (Fsp3) is 0.0192. The van der Waals surface area contributed by atoms with E-state index in [0.717, 1.165) is 39.3 Å². The van der Waals surface area contributed by atoms with Gasteiger partial charge in [0, 0.05) is 32.9 Å². The van der Waals surface area contributed by atoms with Crippen molar-refractivity contribution in [3.63, 3.8) is 0 Å². The van der Waals surface area contributed by atoms with Gasteiger partial charge < -0.3 is 14.5 Å². The third-order valence-electron chi connectivity index (χ3n) is 11.2. The van der Waals surface area contributed by atoms with Crippen molar-refractivity contribution >= 4 is 55.0 Å². The predicted molar refractivity (Wildman–Crippen MR) is 234 cm³/mol. The van der Waals surface area contributed by atoms with Crippen LogP contribution in [0.15, 0.2) is 211 Å². The molecule has 1 aliphatic rings. The van der Waals surface area contributed by atoms with Gasteiger partial charge in [0.25, 0.3) is 0 Å². The van der Waals surface area contributed by atoms with E-state index in [2.05, 4.69) is 221 Å². The van der Waals surface area contributed by atoms with Crippen LogP contribution in [0.1, 0.15) is 17.4 Å². The lowest BCUT2D eigenvalue weighted by Crippen LogP contribution is -2.29. The maximum Gasteiger partial charge on any atom is 0.201 e. The first-order valence-electron chi connectivity index (χ1n) is 19.2. The highest BCUT2D eigenvalue weighted by Gasteiger charge is 2.23. The van der Waals surface area contributed by atoms with Gasteiger partial charge in [-0.05, 0) is 88.0 Å². The number of nitrogens with zero attached hydrogens (tertiary/aromatic N) is 3. The van der Waals surface area contributed by atoms with E-state index in [0.29, 0.717) is 0 Å². The smallest absolute Gasteiger partial charge is 0.201 e. The molecular weight excluding hydrogens is 681 g/mol. The Labute approximate surface area is 324 Å². The zero-order chi connectivity index (χ0) is 37.0. The van der Waals surface area contributed by atoms with Gasteiger partial charge in [-0.1, -0.05) is 152 Å². The van der Waals surface area contributed by atoms with E-state index in [4.69, 9.17) is 4.99 Å². The quantitative estimate of drug-likeness (QED) is 0.183. The molecular formula is C52H36N4. The lowest BCUT2D eigenvalue weighted by Gasteiger charge is -2.27. The molecule has 11 rings (SSSR count). The molecule has 0 amide bonds. The van der Waals surface area contributed by atoms with Crippen LogP contribution in [0.4, 0.5) is 0 Å². The molecule has 1 N–H and O–H groups in total. The molecule has 1 aliphatic heterocycles. The van der Waals surface area contributed by atoms with Crippen molar-refractivity contribution in [3.8, 4) is 27.9 Å². The van der Waals surface area contributed by atoms with E-state index >= 15 is 0 Å². The highest BCUT2D eigenvalue weighted by molar-refractivity contribution is 6.14. The lowest BCUT2D eigenvalue weighted by molar-refractivity contribution is 0.508. The second kappa shape index (κ2) is 13.2. The number of allylic oxidation sites excluding steroid dienone is 1. The van der Waals surface area contributed by atoms with Crippen molar-refractivity contribution in [2.75, 3.05) is 0 Å². The van der Waals surface area contributed by atoms with Crippen molar-refractivity contribution in [2.24, 2.45) is 4.99 Å². The lowest BCUT2D eigenvalue weighted by atomic mass is 9.97. The van der Waals surface area contributed by atoms with Crippen molar-refractivity contribution in [3.05, 3.63) is 217 Å². The molecule has 4 nitrogen and oxygen atoms in total. The minimum atomic E-state index is -0.344. The fourth-order valence-corrected chi connectivity index (χ4v) is 8.52. The molecule has 264 valence electrons. The Morgan fingerprint density at radius 2 is 0.911 bits per heavy atom. The molecule has 0 radical (unpaired) electrons. The number of benzene rings is 8. The number of nitrogens with one attached hydrogen (secondary N) is 1. The summed E-state index contributed by atoms with van der Waals surface area (Å²) in [4.78, 5) is 5.35. The van der Waals surface area contributed by atoms with Gasteiger partial charge in [0.15, 0.2) is 0 Å². The van der Waals surface area contributed by atoms with E-state index in [-0.39, 0.29) is 6.29 Å². The van der Waals surface area contributed by atoms with Crippen molar-refractivity contribution in [2.45, 2.75) is 6.29 Å². The average Bonchev–Trinajstić information content (AvgIpc) is 3.79. The van der Waals surface area contributed by atoms with Gasteiger partial charge >= 0.3 is 0 Å². The van der Waals surface area contributed by atoms with Gasteiger partial charge in [-0.25, -0.2) is 4.99 Å². The summed E-state index contributed by atoms with van der Waals surface area (Å²) >= 11 is 0. The van der Waals surface area contributed by atoms with Crippen LogP contribution in [-0.4, -0.2) is 14.8 Å². The Bertz CT molecular complexity index is 3150. The summed E-state index contributed by atoms with van der Waals surface area (Å²) < 4.78 is 4.74. The minimum absolute atomic E-state index is 0.344. The van der Waals surface area contributed by atoms with Gasteiger partial charge in [-0.15, -0.1) is 0 Å². The molecule has 2 aromatic heterocycles. The molecule has 1 unspecified atom stereocenters. The summed E-state index contributed by atoms with van der Waals surface area (Å²) in [6.45, 7) is 0. The van der Waals surface area contributed by atoms with E-state index in [1.165, 1.54) is 54.8 Å². The molecule has 4 heteroatoms. The fourth-order valence-electron chi connectivity index (χ4n) is 8.52. The molecule has 0 spiro atoms. The van der Waals surface area contributed by atoms with Crippen molar-refractivity contribution in [1.29, 1.82) is 0 Å². The zero-order valence-corrected chi connectivity index (χ0v) is 30.5. The number of hydrogen-bond acceptors (Lipinski definition) is 2. The Morgan fingerprint density at radius 1 is 0.375 bits per heavy atom. The Hall–Kier alpha value is -7.43. The summed E-state index contributed by atoms with van der Waals surface area (Å²) in [6.07, 6.45) is 1.82. The maximum absolute atomic E-state index is 5.35. The second-order valence-corrected chi connectivity index (χ2v) is 14.4. The van der Waals surface area contributed by atoms with E-state index in [9.17, 15) is 0 Å². The highest BCUT2D eigenvalue weighted by atomic mass is 15.3. The summed E-state index contributed by atoms with van der Waals surface area (Å²) in [6, 6.07) is 71.7.